The summed E-state index contributed by atoms with van der Waals surface area (Å²) >= 11 is 0. The highest BCUT2D eigenvalue weighted by Crippen LogP contribution is 2.23. The van der Waals surface area contributed by atoms with Crippen LogP contribution < -0.4 is 0 Å². The second-order valence-electron chi connectivity index (χ2n) is 4.67. The molecule has 0 heterocycles. The largest absolute Gasteiger partial charge is 0.0654 e. The van der Waals surface area contributed by atoms with Gasteiger partial charge in [-0.25, -0.2) is 0 Å². The lowest BCUT2D eigenvalue weighted by atomic mass is 9.98. The maximum atomic E-state index is 2.34. The molecule has 2 rings (SSSR count). The number of hydrogen-bond donors (Lipinski definition) is 0. The van der Waals surface area contributed by atoms with Gasteiger partial charge in [0.15, 0.2) is 0 Å². The highest BCUT2D eigenvalue weighted by Gasteiger charge is 2.01. The van der Waals surface area contributed by atoms with Crippen LogP contribution in [0, 0.1) is 13.8 Å². The number of hydrogen-bond acceptors (Lipinski definition) is 0. The van der Waals surface area contributed by atoms with Gasteiger partial charge in [-0.05, 0) is 54.2 Å². The zero-order valence-electron chi connectivity index (χ0n) is 10.5. The molecule has 0 radical (unpaired) electrons. The van der Waals surface area contributed by atoms with Gasteiger partial charge >= 0.3 is 0 Å². The number of rotatable bonds is 3. The van der Waals surface area contributed by atoms with Gasteiger partial charge in [-0.1, -0.05) is 43.7 Å². The van der Waals surface area contributed by atoms with Crippen LogP contribution in [0.25, 0.3) is 10.8 Å². The average molecular weight is 212 g/mol. The summed E-state index contributed by atoms with van der Waals surface area (Å²) in [6.07, 6.45) is 3.76. The van der Waals surface area contributed by atoms with Crippen molar-refractivity contribution in [3.63, 3.8) is 0 Å². The van der Waals surface area contributed by atoms with Crippen molar-refractivity contribution < 1.29 is 0 Å². The maximum absolute atomic E-state index is 2.34. The molecular formula is C16H20. The van der Waals surface area contributed by atoms with Crippen LogP contribution in [0.3, 0.4) is 0 Å². The van der Waals surface area contributed by atoms with E-state index in [1.54, 1.807) is 0 Å². The molecule has 0 saturated carbocycles. The van der Waals surface area contributed by atoms with Crippen LogP contribution in [-0.2, 0) is 6.42 Å². The summed E-state index contributed by atoms with van der Waals surface area (Å²) in [6.45, 7) is 6.64. The third-order valence-electron chi connectivity index (χ3n) is 3.44. The zero-order chi connectivity index (χ0) is 11.5. The Labute approximate surface area is 98.3 Å². The van der Waals surface area contributed by atoms with Crippen molar-refractivity contribution in [2.75, 3.05) is 0 Å². The van der Waals surface area contributed by atoms with E-state index in [9.17, 15) is 0 Å². The molecule has 0 aliphatic heterocycles. The van der Waals surface area contributed by atoms with Crippen LogP contribution in [0.4, 0.5) is 0 Å². The van der Waals surface area contributed by atoms with E-state index in [2.05, 4.69) is 51.1 Å². The minimum absolute atomic E-state index is 1.21. The standard InChI is InChI=1S/C16H20/c1-4-5-6-14-8-10-16-13(3)12(2)7-9-15(16)11-14/h7-11H,4-6H2,1-3H3. The Morgan fingerprint density at radius 1 is 1.00 bits per heavy atom. The average Bonchev–Trinajstić information content (AvgIpc) is 2.31. The smallest absolute Gasteiger partial charge is 0.0152 e. The number of benzene rings is 2. The highest BCUT2D eigenvalue weighted by molar-refractivity contribution is 5.87. The molecule has 0 aliphatic carbocycles. The van der Waals surface area contributed by atoms with Gasteiger partial charge in [0, 0.05) is 0 Å². The van der Waals surface area contributed by atoms with Crippen molar-refractivity contribution in [3.8, 4) is 0 Å². The molecule has 2 aromatic rings. The Bertz CT molecular complexity index is 495. The molecule has 0 aromatic heterocycles. The van der Waals surface area contributed by atoms with Gasteiger partial charge in [-0.15, -0.1) is 0 Å². The molecule has 0 N–H and O–H groups in total. The Morgan fingerprint density at radius 2 is 1.81 bits per heavy atom. The molecule has 2 aromatic carbocycles. The summed E-state index contributed by atoms with van der Waals surface area (Å²) in [4.78, 5) is 0. The van der Waals surface area contributed by atoms with Crippen LogP contribution in [-0.4, -0.2) is 0 Å². The van der Waals surface area contributed by atoms with Crippen molar-refractivity contribution >= 4 is 10.8 Å². The summed E-state index contributed by atoms with van der Waals surface area (Å²) in [5, 5.41) is 2.79. The second kappa shape index (κ2) is 4.69. The summed E-state index contributed by atoms with van der Waals surface area (Å²) in [6, 6.07) is 11.4. The number of unbranched alkanes of at least 4 members (excludes halogenated alkanes) is 1. The van der Waals surface area contributed by atoms with Crippen molar-refractivity contribution in [3.05, 3.63) is 47.0 Å². The van der Waals surface area contributed by atoms with Crippen LogP contribution in [0.15, 0.2) is 30.3 Å². The molecule has 16 heavy (non-hydrogen) atoms. The van der Waals surface area contributed by atoms with Gasteiger partial charge in [0.25, 0.3) is 0 Å². The third-order valence-corrected chi connectivity index (χ3v) is 3.44. The van der Waals surface area contributed by atoms with Gasteiger partial charge in [0.2, 0.25) is 0 Å². The van der Waals surface area contributed by atoms with E-state index in [1.807, 2.05) is 0 Å². The van der Waals surface area contributed by atoms with Crippen LogP contribution >= 0.6 is 0 Å². The molecule has 84 valence electrons. The quantitative estimate of drug-likeness (QED) is 0.685. The molecule has 0 saturated heterocycles. The minimum Gasteiger partial charge on any atom is -0.0654 e. The summed E-state index contributed by atoms with van der Waals surface area (Å²) in [5.41, 5.74) is 4.27. The Balaban J connectivity index is 2.44. The van der Waals surface area contributed by atoms with E-state index < -0.39 is 0 Å². The summed E-state index contributed by atoms with van der Waals surface area (Å²) in [5.74, 6) is 0. The molecule has 0 fully saturated rings. The zero-order valence-corrected chi connectivity index (χ0v) is 10.5. The first-order valence-corrected chi connectivity index (χ1v) is 6.21. The normalized spacial score (nSPS) is 10.9. The van der Waals surface area contributed by atoms with Crippen LogP contribution in [0.1, 0.15) is 36.5 Å². The molecule has 0 spiro atoms. The van der Waals surface area contributed by atoms with Crippen molar-refractivity contribution in [1.29, 1.82) is 0 Å². The predicted octanol–water partition coefficient (Wildman–Crippen LogP) is 4.80. The molecule has 0 aliphatic rings. The van der Waals surface area contributed by atoms with E-state index in [0.29, 0.717) is 0 Å². The van der Waals surface area contributed by atoms with Gasteiger partial charge in [-0.3, -0.25) is 0 Å². The third kappa shape index (κ3) is 2.11. The first kappa shape index (κ1) is 11.2. The lowest BCUT2D eigenvalue weighted by Crippen LogP contribution is -1.88. The molecular weight excluding hydrogens is 192 g/mol. The van der Waals surface area contributed by atoms with E-state index in [4.69, 9.17) is 0 Å². The fourth-order valence-electron chi connectivity index (χ4n) is 2.18. The fraction of sp³-hybridized carbons (Fsp3) is 0.375. The summed E-state index contributed by atoms with van der Waals surface area (Å²) < 4.78 is 0. The first-order chi connectivity index (χ1) is 7.72. The molecule has 0 nitrogen and oxygen atoms in total. The first-order valence-electron chi connectivity index (χ1n) is 6.21. The number of aryl methyl sites for hydroxylation is 3. The van der Waals surface area contributed by atoms with Crippen molar-refractivity contribution in [2.24, 2.45) is 0 Å². The van der Waals surface area contributed by atoms with Gasteiger partial charge in [0.1, 0.15) is 0 Å². The molecule has 0 unspecified atom stereocenters. The Morgan fingerprint density at radius 3 is 2.56 bits per heavy atom. The van der Waals surface area contributed by atoms with E-state index >= 15 is 0 Å². The predicted molar refractivity (Wildman–Crippen MR) is 72.0 cm³/mol. The fourth-order valence-corrected chi connectivity index (χ4v) is 2.18. The van der Waals surface area contributed by atoms with Crippen molar-refractivity contribution in [1.82, 2.24) is 0 Å². The van der Waals surface area contributed by atoms with E-state index in [1.165, 1.54) is 46.7 Å². The van der Waals surface area contributed by atoms with E-state index in [0.717, 1.165) is 0 Å². The van der Waals surface area contributed by atoms with E-state index in [-0.39, 0.29) is 0 Å². The SMILES string of the molecule is CCCCc1ccc2c(C)c(C)ccc2c1. The van der Waals surface area contributed by atoms with Gasteiger partial charge < -0.3 is 0 Å². The Hall–Kier alpha value is -1.30. The Kier molecular flexibility index (Phi) is 3.28. The lowest BCUT2D eigenvalue weighted by Gasteiger charge is -2.07. The highest BCUT2D eigenvalue weighted by atomic mass is 14.1. The lowest BCUT2D eigenvalue weighted by molar-refractivity contribution is 0.796. The van der Waals surface area contributed by atoms with Crippen LogP contribution in [0.2, 0.25) is 0 Å². The minimum atomic E-state index is 1.21. The molecule has 0 amide bonds. The van der Waals surface area contributed by atoms with Crippen molar-refractivity contribution in [2.45, 2.75) is 40.0 Å². The molecule has 0 atom stereocenters. The van der Waals surface area contributed by atoms with Gasteiger partial charge in [-0.2, -0.15) is 0 Å². The molecule has 0 heteroatoms. The monoisotopic (exact) mass is 212 g/mol. The second-order valence-corrected chi connectivity index (χ2v) is 4.67. The molecule has 0 bridgehead atoms. The van der Waals surface area contributed by atoms with Gasteiger partial charge in [0.05, 0.1) is 0 Å². The van der Waals surface area contributed by atoms with Crippen LogP contribution in [0.5, 0.6) is 0 Å². The number of fused-ring (bicyclic) bond motifs is 1. The maximum Gasteiger partial charge on any atom is -0.0152 e. The topological polar surface area (TPSA) is 0 Å². The summed E-state index contributed by atoms with van der Waals surface area (Å²) in [7, 11) is 0.